The van der Waals surface area contributed by atoms with Crippen LogP contribution in [0.15, 0.2) is 36.1 Å². The molecular weight excluding hydrogens is 312 g/mol. The first kappa shape index (κ1) is 15.7. The summed E-state index contributed by atoms with van der Waals surface area (Å²) >= 11 is 0. The van der Waals surface area contributed by atoms with E-state index >= 15 is 0 Å². The van der Waals surface area contributed by atoms with E-state index in [4.69, 9.17) is 18.9 Å². The number of fused-ring (bicyclic) bond motifs is 1. The number of phenols is 1. The summed E-state index contributed by atoms with van der Waals surface area (Å²) in [7, 11) is 4.36. The second-order valence-electron chi connectivity index (χ2n) is 5.05. The Kier molecular flexibility index (Phi) is 4.04. The summed E-state index contributed by atoms with van der Waals surface area (Å²) in [6, 6.07) is 8.64. The van der Waals surface area contributed by atoms with Gasteiger partial charge in [-0.25, -0.2) is 0 Å². The van der Waals surface area contributed by atoms with Gasteiger partial charge in [-0.05, 0) is 23.8 Å². The lowest BCUT2D eigenvalue weighted by Gasteiger charge is -2.10. The van der Waals surface area contributed by atoms with Crippen molar-refractivity contribution in [2.24, 2.45) is 0 Å². The fourth-order valence-corrected chi connectivity index (χ4v) is 2.49. The smallest absolute Gasteiger partial charge is 0.235 e. The van der Waals surface area contributed by atoms with E-state index in [1.807, 2.05) is 0 Å². The van der Waals surface area contributed by atoms with Crippen LogP contribution in [-0.2, 0) is 0 Å². The number of Topliss-reactive ketones (excluding diaryl/α,β-unsaturated/α-hetero) is 1. The molecule has 1 aliphatic rings. The zero-order valence-corrected chi connectivity index (χ0v) is 13.5. The van der Waals surface area contributed by atoms with Gasteiger partial charge in [0.25, 0.3) is 0 Å². The minimum absolute atomic E-state index is 0.0347. The maximum atomic E-state index is 12.6. The number of methoxy groups -OCH3 is 3. The van der Waals surface area contributed by atoms with Crippen molar-refractivity contribution in [1.82, 2.24) is 0 Å². The van der Waals surface area contributed by atoms with Gasteiger partial charge in [-0.2, -0.15) is 0 Å². The third-order valence-electron chi connectivity index (χ3n) is 3.69. The quantitative estimate of drug-likeness (QED) is 0.870. The van der Waals surface area contributed by atoms with Crippen LogP contribution < -0.4 is 18.9 Å². The van der Waals surface area contributed by atoms with Crippen molar-refractivity contribution in [3.63, 3.8) is 0 Å². The third-order valence-corrected chi connectivity index (χ3v) is 3.69. The summed E-state index contributed by atoms with van der Waals surface area (Å²) < 4.78 is 21.0. The van der Waals surface area contributed by atoms with Gasteiger partial charge in [-0.15, -0.1) is 0 Å². The number of aromatic hydroxyl groups is 1. The average Bonchev–Trinajstić information content (AvgIpc) is 2.91. The van der Waals surface area contributed by atoms with Crippen LogP contribution in [0.3, 0.4) is 0 Å². The Hall–Kier alpha value is -3.15. The standard InChI is InChI=1S/C18H16O6/c1-21-11-6-4-10(5-7-11)8-14-16(19)15-12(24-14)9-13(22-2)17(20)18(15)23-3/h4-9,20H,1-3H3. The summed E-state index contributed by atoms with van der Waals surface area (Å²) in [6.45, 7) is 0. The predicted octanol–water partition coefficient (Wildman–Crippen LogP) is 3.03. The molecule has 0 aliphatic carbocycles. The van der Waals surface area contributed by atoms with Crippen LogP contribution in [0.5, 0.6) is 28.7 Å². The number of ketones is 1. The molecule has 6 nitrogen and oxygen atoms in total. The molecule has 0 saturated carbocycles. The first-order valence-electron chi connectivity index (χ1n) is 7.15. The molecule has 0 amide bonds. The Morgan fingerprint density at radius 1 is 1.04 bits per heavy atom. The number of ether oxygens (including phenoxy) is 4. The van der Waals surface area contributed by atoms with Crippen LogP contribution in [0.1, 0.15) is 15.9 Å². The second-order valence-corrected chi connectivity index (χ2v) is 5.05. The normalized spacial score (nSPS) is 14.3. The van der Waals surface area contributed by atoms with E-state index in [0.29, 0.717) is 0 Å². The number of allylic oxidation sites excluding steroid dienone is 1. The van der Waals surface area contributed by atoms with Gasteiger partial charge < -0.3 is 24.1 Å². The third kappa shape index (κ3) is 2.52. The highest BCUT2D eigenvalue weighted by atomic mass is 16.5. The van der Waals surface area contributed by atoms with Gasteiger partial charge in [0.15, 0.2) is 17.3 Å². The molecule has 0 radical (unpaired) electrons. The molecule has 2 aromatic carbocycles. The maximum Gasteiger partial charge on any atom is 0.235 e. The number of hydrogen-bond acceptors (Lipinski definition) is 6. The highest BCUT2D eigenvalue weighted by Gasteiger charge is 2.34. The monoisotopic (exact) mass is 328 g/mol. The fraction of sp³-hybridized carbons (Fsp3) is 0.167. The summed E-state index contributed by atoms with van der Waals surface area (Å²) in [6.07, 6.45) is 1.62. The van der Waals surface area contributed by atoms with Gasteiger partial charge >= 0.3 is 0 Å². The minimum Gasteiger partial charge on any atom is -0.502 e. The molecule has 6 heteroatoms. The van der Waals surface area contributed by atoms with Crippen molar-refractivity contribution < 1.29 is 28.8 Å². The molecule has 0 unspecified atom stereocenters. The molecule has 24 heavy (non-hydrogen) atoms. The van der Waals surface area contributed by atoms with Crippen molar-refractivity contribution >= 4 is 11.9 Å². The molecule has 0 aromatic heterocycles. The molecular formula is C18H16O6. The van der Waals surface area contributed by atoms with Gasteiger partial charge in [0.2, 0.25) is 11.5 Å². The van der Waals surface area contributed by atoms with Gasteiger partial charge in [0, 0.05) is 6.07 Å². The van der Waals surface area contributed by atoms with Crippen molar-refractivity contribution in [3.8, 4) is 28.7 Å². The molecule has 124 valence electrons. The Labute approximate surface area is 138 Å². The number of phenolic OH excluding ortho intramolecular Hbond substituents is 1. The number of carbonyl (C=O) groups excluding carboxylic acids is 1. The molecule has 0 bridgehead atoms. The van der Waals surface area contributed by atoms with Crippen LogP contribution >= 0.6 is 0 Å². The molecule has 0 spiro atoms. The Morgan fingerprint density at radius 2 is 1.75 bits per heavy atom. The van der Waals surface area contributed by atoms with E-state index in [2.05, 4.69) is 0 Å². The molecule has 0 atom stereocenters. The van der Waals surface area contributed by atoms with E-state index < -0.39 is 0 Å². The molecule has 2 aromatic rings. The van der Waals surface area contributed by atoms with E-state index in [1.54, 1.807) is 37.5 Å². The van der Waals surface area contributed by atoms with Crippen molar-refractivity contribution in [2.45, 2.75) is 0 Å². The zero-order valence-electron chi connectivity index (χ0n) is 13.5. The first-order valence-corrected chi connectivity index (χ1v) is 7.15. The number of carbonyl (C=O) groups is 1. The molecule has 1 N–H and O–H groups in total. The Balaban J connectivity index is 2.02. The van der Waals surface area contributed by atoms with E-state index in [0.717, 1.165) is 11.3 Å². The second kappa shape index (κ2) is 6.16. The van der Waals surface area contributed by atoms with Gasteiger partial charge in [-0.1, -0.05) is 12.1 Å². The lowest BCUT2D eigenvalue weighted by molar-refractivity contribution is 0.101. The number of hydrogen-bond donors (Lipinski definition) is 1. The van der Waals surface area contributed by atoms with Crippen LogP contribution in [0.25, 0.3) is 6.08 Å². The van der Waals surface area contributed by atoms with E-state index in [9.17, 15) is 9.90 Å². The van der Waals surface area contributed by atoms with Crippen molar-refractivity contribution in [2.75, 3.05) is 21.3 Å². The van der Waals surface area contributed by atoms with Crippen molar-refractivity contribution in [3.05, 3.63) is 47.2 Å². The van der Waals surface area contributed by atoms with Gasteiger partial charge in [0.1, 0.15) is 17.1 Å². The van der Waals surface area contributed by atoms with Gasteiger partial charge in [0.05, 0.1) is 21.3 Å². The van der Waals surface area contributed by atoms with Crippen molar-refractivity contribution in [1.29, 1.82) is 0 Å². The number of benzene rings is 2. The summed E-state index contributed by atoms with van der Waals surface area (Å²) in [5.74, 6) is 0.747. The van der Waals surface area contributed by atoms with Crippen LogP contribution in [0.4, 0.5) is 0 Å². The van der Waals surface area contributed by atoms with Crippen LogP contribution in [-0.4, -0.2) is 32.2 Å². The Bertz CT molecular complexity index is 820. The van der Waals surface area contributed by atoms with Crippen LogP contribution in [0.2, 0.25) is 0 Å². The molecule has 0 saturated heterocycles. The maximum absolute atomic E-state index is 12.6. The highest BCUT2D eigenvalue weighted by molar-refractivity contribution is 6.16. The molecule has 0 fully saturated rings. The van der Waals surface area contributed by atoms with Crippen LogP contribution in [0, 0.1) is 0 Å². The van der Waals surface area contributed by atoms with E-state index in [-0.39, 0.29) is 40.1 Å². The number of rotatable bonds is 4. The highest BCUT2D eigenvalue weighted by Crippen LogP contribution is 2.48. The molecule has 1 heterocycles. The van der Waals surface area contributed by atoms with Gasteiger partial charge in [-0.3, -0.25) is 4.79 Å². The predicted molar refractivity (Wildman–Crippen MR) is 87.1 cm³/mol. The largest absolute Gasteiger partial charge is 0.502 e. The molecule has 1 aliphatic heterocycles. The minimum atomic E-state index is -0.365. The zero-order chi connectivity index (χ0) is 17.3. The average molecular weight is 328 g/mol. The Morgan fingerprint density at radius 3 is 2.33 bits per heavy atom. The fourth-order valence-electron chi connectivity index (χ4n) is 2.49. The first-order chi connectivity index (χ1) is 11.6. The lowest BCUT2D eigenvalue weighted by Crippen LogP contribution is -2.00. The SMILES string of the molecule is COc1ccc(C=C2Oc3cc(OC)c(O)c(OC)c3C2=O)cc1. The molecule has 3 rings (SSSR count). The summed E-state index contributed by atoms with van der Waals surface area (Å²) in [4.78, 5) is 12.6. The summed E-state index contributed by atoms with van der Waals surface area (Å²) in [5.41, 5.74) is 0.956. The topological polar surface area (TPSA) is 74.2 Å². The van der Waals surface area contributed by atoms with E-state index in [1.165, 1.54) is 20.3 Å². The summed E-state index contributed by atoms with van der Waals surface area (Å²) in [5, 5.41) is 10.1. The lowest BCUT2D eigenvalue weighted by atomic mass is 10.1.